The fraction of sp³-hybridized carbons (Fsp3) is 0.368. The average molecular weight is 431 g/mol. The SMILES string of the molecule is CN(C)c1ccc(C(=O)N2CCN(c3ncc(C(F)(F)F)cc3Cl)CC2)cc1F. The number of alkyl halides is 3. The van der Waals surface area contributed by atoms with E-state index in [9.17, 15) is 22.4 Å². The molecule has 0 unspecified atom stereocenters. The lowest BCUT2D eigenvalue weighted by atomic mass is 10.1. The second-order valence-corrected chi connectivity index (χ2v) is 7.27. The fourth-order valence-electron chi connectivity index (χ4n) is 3.12. The first-order valence-corrected chi connectivity index (χ1v) is 9.19. The molecule has 10 heteroatoms. The topological polar surface area (TPSA) is 39.7 Å². The highest BCUT2D eigenvalue weighted by molar-refractivity contribution is 6.33. The predicted octanol–water partition coefficient (Wildman–Crippen LogP) is 3.92. The number of amides is 1. The maximum absolute atomic E-state index is 14.1. The quantitative estimate of drug-likeness (QED) is 0.692. The van der Waals surface area contributed by atoms with E-state index in [0.717, 1.165) is 12.3 Å². The Bertz CT molecular complexity index is 912. The molecule has 1 aliphatic heterocycles. The minimum Gasteiger partial charge on any atom is -0.375 e. The maximum atomic E-state index is 14.1. The summed E-state index contributed by atoms with van der Waals surface area (Å²) in [5.74, 6) is -0.548. The predicted molar refractivity (Wildman–Crippen MR) is 103 cm³/mol. The summed E-state index contributed by atoms with van der Waals surface area (Å²) in [5.41, 5.74) is -0.287. The molecule has 1 aromatic heterocycles. The molecule has 0 atom stereocenters. The van der Waals surface area contributed by atoms with E-state index in [-0.39, 0.29) is 22.3 Å². The van der Waals surface area contributed by atoms with Crippen LogP contribution in [0.4, 0.5) is 29.1 Å². The number of pyridine rings is 1. The lowest BCUT2D eigenvalue weighted by molar-refractivity contribution is -0.137. The molecule has 1 aromatic carbocycles. The Labute approximate surface area is 170 Å². The van der Waals surface area contributed by atoms with Gasteiger partial charge in [-0.2, -0.15) is 13.2 Å². The van der Waals surface area contributed by atoms with Crippen molar-refractivity contribution < 1.29 is 22.4 Å². The number of halogens is 5. The van der Waals surface area contributed by atoms with E-state index in [4.69, 9.17) is 11.6 Å². The van der Waals surface area contributed by atoms with Crippen LogP contribution in [0.15, 0.2) is 30.5 Å². The standard InChI is InChI=1S/C19H19ClF4N4O/c1-26(2)16-4-3-12(9-15(16)21)18(29)28-7-5-27(6-8-28)17-14(20)10-13(11-25-17)19(22,23)24/h3-4,9-11H,5-8H2,1-2H3. The zero-order chi connectivity index (χ0) is 21.3. The average Bonchev–Trinajstić information content (AvgIpc) is 2.66. The summed E-state index contributed by atoms with van der Waals surface area (Å²) in [6, 6.07) is 5.17. The van der Waals surface area contributed by atoms with Crippen molar-refractivity contribution in [3.8, 4) is 0 Å². The summed E-state index contributed by atoms with van der Waals surface area (Å²) in [6.07, 6.45) is -3.77. The van der Waals surface area contributed by atoms with Crippen LogP contribution in [0.1, 0.15) is 15.9 Å². The molecule has 1 fully saturated rings. The third kappa shape index (κ3) is 4.55. The first kappa shape index (κ1) is 21.2. The molecular formula is C19H19ClF4N4O. The van der Waals surface area contributed by atoms with Gasteiger partial charge in [0.25, 0.3) is 5.91 Å². The lowest BCUT2D eigenvalue weighted by Gasteiger charge is -2.36. The van der Waals surface area contributed by atoms with Crippen molar-refractivity contribution in [2.24, 2.45) is 0 Å². The number of piperazine rings is 1. The molecule has 0 N–H and O–H groups in total. The molecule has 3 rings (SSSR count). The summed E-state index contributed by atoms with van der Waals surface area (Å²) in [5, 5.41) is -0.0963. The van der Waals surface area contributed by atoms with Gasteiger partial charge >= 0.3 is 6.18 Å². The molecule has 0 radical (unpaired) electrons. The first-order valence-electron chi connectivity index (χ1n) is 8.82. The Balaban J connectivity index is 1.68. The number of benzene rings is 1. The van der Waals surface area contributed by atoms with Crippen LogP contribution in [0.3, 0.4) is 0 Å². The highest BCUT2D eigenvalue weighted by Crippen LogP contribution is 2.33. The minimum atomic E-state index is -4.52. The fourth-order valence-corrected chi connectivity index (χ4v) is 3.41. The molecule has 5 nitrogen and oxygen atoms in total. The van der Waals surface area contributed by atoms with Gasteiger partial charge in [-0.15, -0.1) is 0 Å². The van der Waals surface area contributed by atoms with Crippen molar-refractivity contribution >= 4 is 29.0 Å². The van der Waals surface area contributed by atoms with Crippen molar-refractivity contribution in [1.29, 1.82) is 0 Å². The Morgan fingerprint density at radius 2 is 1.79 bits per heavy atom. The van der Waals surface area contributed by atoms with E-state index in [1.165, 1.54) is 6.07 Å². The van der Waals surface area contributed by atoms with Crippen molar-refractivity contribution in [2.75, 3.05) is 50.1 Å². The van der Waals surface area contributed by atoms with Gasteiger partial charge in [-0.3, -0.25) is 4.79 Å². The van der Waals surface area contributed by atoms with Crippen molar-refractivity contribution in [2.45, 2.75) is 6.18 Å². The normalized spacial score (nSPS) is 14.9. The Hall–Kier alpha value is -2.55. The minimum absolute atomic E-state index is 0.0963. The largest absolute Gasteiger partial charge is 0.417 e. The summed E-state index contributed by atoms with van der Waals surface area (Å²) in [4.78, 5) is 21.4. The van der Waals surface area contributed by atoms with E-state index in [2.05, 4.69) is 4.98 Å². The molecule has 1 saturated heterocycles. The highest BCUT2D eigenvalue weighted by Gasteiger charge is 2.32. The third-order valence-corrected chi connectivity index (χ3v) is 4.97. The van der Waals surface area contributed by atoms with Crippen molar-refractivity contribution in [3.05, 3.63) is 52.4 Å². The molecule has 1 aliphatic rings. The number of hydrogen-bond acceptors (Lipinski definition) is 4. The Kier molecular flexibility index (Phi) is 5.88. The van der Waals surface area contributed by atoms with Gasteiger partial charge in [0.05, 0.1) is 16.3 Å². The zero-order valence-corrected chi connectivity index (χ0v) is 16.6. The smallest absolute Gasteiger partial charge is 0.375 e. The van der Waals surface area contributed by atoms with Gasteiger partial charge in [0.1, 0.15) is 11.6 Å². The summed E-state index contributed by atoms with van der Waals surface area (Å²) >= 11 is 5.99. The first-order chi connectivity index (χ1) is 13.6. The number of anilines is 2. The lowest BCUT2D eigenvalue weighted by Crippen LogP contribution is -2.49. The molecule has 2 heterocycles. The number of rotatable bonds is 3. The van der Waals surface area contributed by atoms with Gasteiger partial charge in [-0.25, -0.2) is 9.37 Å². The zero-order valence-electron chi connectivity index (χ0n) is 15.8. The molecule has 0 saturated carbocycles. The van der Waals surface area contributed by atoms with Gasteiger partial charge in [0.15, 0.2) is 0 Å². The Morgan fingerprint density at radius 1 is 1.14 bits per heavy atom. The number of hydrogen-bond donors (Lipinski definition) is 0. The second-order valence-electron chi connectivity index (χ2n) is 6.87. The van der Waals surface area contributed by atoms with Crippen LogP contribution in [0.2, 0.25) is 5.02 Å². The monoisotopic (exact) mass is 430 g/mol. The van der Waals surface area contributed by atoms with Crippen LogP contribution in [-0.2, 0) is 6.18 Å². The van der Waals surface area contributed by atoms with Crippen LogP contribution in [-0.4, -0.2) is 56.1 Å². The van der Waals surface area contributed by atoms with Gasteiger partial charge in [0.2, 0.25) is 0 Å². The van der Waals surface area contributed by atoms with Gasteiger partial charge in [-0.05, 0) is 24.3 Å². The van der Waals surface area contributed by atoms with E-state index < -0.39 is 17.6 Å². The summed E-state index contributed by atoms with van der Waals surface area (Å²) in [7, 11) is 3.42. The number of carbonyl (C=O) groups excluding carboxylic acids is 1. The molecule has 29 heavy (non-hydrogen) atoms. The molecule has 0 spiro atoms. The van der Waals surface area contributed by atoms with E-state index in [1.54, 1.807) is 40.9 Å². The maximum Gasteiger partial charge on any atom is 0.417 e. The van der Waals surface area contributed by atoms with Crippen LogP contribution in [0, 0.1) is 5.82 Å². The van der Waals surface area contributed by atoms with Gasteiger partial charge in [0, 0.05) is 52.0 Å². The molecule has 2 aromatic rings. The molecule has 1 amide bonds. The van der Waals surface area contributed by atoms with E-state index >= 15 is 0 Å². The van der Waals surface area contributed by atoms with Crippen LogP contribution in [0.5, 0.6) is 0 Å². The van der Waals surface area contributed by atoms with Gasteiger partial charge < -0.3 is 14.7 Å². The van der Waals surface area contributed by atoms with Crippen LogP contribution in [0.25, 0.3) is 0 Å². The molecular weight excluding hydrogens is 412 g/mol. The summed E-state index contributed by atoms with van der Waals surface area (Å²) < 4.78 is 52.4. The summed E-state index contributed by atoms with van der Waals surface area (Å²) in [6.45, 7) is 1.33. The second kappa shape index (κ2) is 8.06. The van der Waals surface area contributed by atoms with Crippen molar-refractivity contribution in [3.63, 3.8) is 0 Å². The molecule has 0 bridgehead atoms. The van der Waals surface area contributed by atoms with E-state index in [1.807, 2.05) is 0 Å². The number of nitrogens with zero attached hydrogens (tertiary/aromatic N) is 4. The third-order valence-electron chi connectivity index (χ3n) is 4.69. The number of aromatic nitrogens is 1. The number of carbonyl (C=O) groups is 1. The van der Waals surface area contributed by atoms with Gasteiger partial charge in [-0.1, -0.05) is 11.6 Å². The van der Waals surface area contributed by atoms with Crippen LogP contribution >= 0.6 is 11.6 Å². The van der Waals surface area contributed by atoms with Crippen molar-refractivity contribution in [1.82, 2.24) is 9.88 Å². The van der Waals surface area contributed by atoms with E-state index in [0.29, 0.717) is 31.9 Å². The molecule has 0 aliphatic carbocycles. The molecule has 156 valence electrons. The van der Waals surface area contributed by atoms with Crippen LogP contribution < -0.4 is 9.80 Å². The Morgan fingerprint density at radius 3 is 2.31 bits per heavy atom. The highest BCUT2D eigenvalue weighted by atomic mass is 35.5.